The Bertz CT molecular complexity index is 931. The van der Waals surface area contributed by atoms with Gasteiger partial charge < -0.3 is 19.9 Å². The number of aromatic amines is 1. The summed E-state index contributed by atoms with van der Waals surface area (Å²) in [4.78, 5) is 29.1. The van der Waals surface area contributed by atoms with Crippen molar-refractivity contribution in [3.05, 3.63) is 60.3 Å². The van der Waals surface area contributed by atoms with Crippen LogP contribution in [0.25, 0.3) is 10.9 Å². The summed E-state index contributed by atoms with van der Waals surface area (Å²) >= 11 is 0. The van der Waals surface area contributed by atoms with Crippen molar-refractivity contribution in [1.82, 2.24) is 9.88 Å². The number of hydrogen-bond acceptors (Lipinski definition) is 3. The molecule has 0 atom stereocenters. The molecule has 0 aliphatic carbocycles. The van der Waals surface area contributed by atoms with Crippen LogP contribution in [0.1, 0.15) is 12.5 Å². The van der Waals surface area contributed by atoms with Gasteiger partial charge >= 0.3 is 0 Å². The molecule has 0 radical (unpaired) electrons. The molecule has 3 aromatic rings. The van der Waals surface area contributed by atoms with Crippen molar-refractivity contribution in [2.45, 2.75) is 13.3 Å². The molecule has 3 rings (SSSR count). The standard InChI is InChI=1S/C21H23N3O3/c1-15(25)24(12-11-16-13-22-20-6-4-3-5-19(16)20)14-21(26)23-17-7-9-18(27-2)10-8-17/h3-10,13,22H,11-12,14H2,1-2H3,(H,23,26). The average molecular weight is 365 g/mol. The number of hydrogen-bond donors (Lipinski definition) is 2. The number of H-pyrrole nitrogens is 1. The van der Waals surface area contributed by atoms with E-state index in [1.165, 1.54) is 6.92 Å². The van der Waals surface area contributed by atoms with E-state index in [0.717, 1.165) is 22.2 Å². The molecule has 1 heterocycles. The van der Waals surface area contributed by atoms with Crippen LogP contribution in [0.5, 0.6) is 5.75 Å². The summed E-state index contributed by atoms with van der Waals surface area (Å²) in [6.45, 7) is 1.98. The van der Waals surface area contributed by atoms with E-state index in [-0.39, 0.29) is 18.4 Å². The number of ether oxygens (including phenoxy) is 1. The van der Waals surface area contributed by atoms with Gasteiger partial charge in [-0.1, -0.05) is 18.2 Å². The lowest BCUT2D eigenvalue weighted by atomic mass is 10.1. The van der Waals surface area contributed by atoms with E-state index in [1.54, 1.807) is 36.3 Å². The summed E-state index contributed by atoms with van der Waals surface area (Å²) < 4.78 is 5.10. The maximum Gasteiger partial charge on any atom is 0.243 e. The van der Waals surface area contributed by atoms with Gasteiger partial charge in [0.05, 0.1) is 13.7 Å². The highest BCUT2D eigenvalue weighted by molar-refractivity contribution is 5.94. The van der Waals surface area contributed by atoms with E-state index in [1.807, 2.05) is 24.4 Å². The monoisotopic (exact) mass is 365 g/mol. The number of carbonyl (C=O) groups excluding carboxylic acids is 2. The number of carbonyl (C=O) groups is 2. The lowest BCUT2D eigenvalue weighted by Gasteiger charge is -2.20. The second-order valence-corrected chi connectivity index (χ2v) is 6.33. The molecule has 6 nitrogen and oxygen atoms in total. The number of methoxy groups -OCH3 is 1. The van der Waals surface area contributed by atoms with Crippen molar-refractivity contribution in [2.75, 3.05) is 25.5 Å². The molecular formula is C21H23N3O3. The molecule has 0 aliphatic heterocycles. The fourth-order valence-electron chi connectivity index (χ4n) is 2.99. The molecule has 27 heavy (non-hydrogen) atoms. The molecule has 0 unspecified atom stereocenters. The van der Waals surface area contributed by atoms with E-state index < -0.39 is 0 Å². The quantitative estimate of drug-likeness (QED) is 0.675. The molecule has 2 aromatic carbocycles. The van der Waals surface area contributed by atoms with Gasteiger partial charge in [-0.25, -0.2) is 0 Å². The lowest BCUT2D eigenvalue weighted by Crippen LogP contribution is -2.37. The summed E-state index contributed by atoms with van der Waals surface area (Å²) in [7, 11) is 1.59. The highest BCUT2D eigenvalue weighted by Crippen LogP contribution is 2.18. The molecule has 0 fully saturated rings. The average Bonchev–Trinajstić information content (AvgIpc) is 3.08. The molecule has 2 amide bonds. The fourth-order valence-corrected chi connectivity index (χ4v) is 2.99. The Morgan fingerprint density at radius 1 is 1.11 bits per heavy atom. The van der Waals surface area contributed by atoms with E-state index in [4.69, 9.17) is 4.74 Å². The summed E-state index contributed by atoms with van der Waals surface area (Å²) in [5.74, 6) is 0.367. The topological polar surface area (TPSA) is 74.4 Å². The third-order valence-electron chi connectivity index (χ3n) is 4.48. The zero-order valence-electron chi connectivity index (χ0n) is 15.5. The van der Waals surface area contributed by atoms with Gasteiger partial charge in [-0.2, -0.15) is 0 Å². The van der Waals surface area contributed by atoms with Crippen molar-refractivity contribution in [2.24, 2.45) is 0 Å². The SMILES string of the molecule is COc1ccc(NC(=O)CN(CCc2c[nH]c3ccccc23)C(C)=O)cc1. The van der Waals surface area contributed by atoms with Crippen LogP contribution in [0, 0.1) is 0 Å². The van der Waals surface area contributed by atoms with Crippen molar-refractivity contribution >= 4 is 28.4 Å². The van der Waals surface area contributed by atoms with Crippen molar-refractivity contribution in [3.63, 3.8) is 0 Å². The Hall–Kier alpha value is -3.28. The summed E-state index contributed by atoms with van der Waals surface area (Å²) in [6, 6.07) is 15.1. The maximum atomic E-state index is 12.3. The predicted molar refractivity (Wildman–Crippen MR) is 106 cm³/mol. The Balaban J connectivity index is 1.59. The number of nitrogens with one attached hydrogen (secondary N) is 2. The predicted octanol–water partition coefficient (Wildman–Crippen LogP) is 3.21. The largest absolute Gasteiger partial charge is 0.497 e. The third kappa shape index (κ3) is 4.67. The smallest absolute Gasteiger partial charge is 0.243 e. The van der Waals surface area contributed by atoms with Crippen LogP contribution in [0.2, 0.25) is 0 Å². The Morgan fingerprint density at radius 2 is 1.85 bits per heavy atom. The normalized spacial score (nSPS) is 10.6. The van der Waals surface area contributed by atoms with E-state index in [2.05, 4.69) is 16.4 Å². The van der Waals surface area contributed by atoms with Gasteiger partial charge in [0.1, 0.15) is 5.75 Å². The van der Waals surface area contributed by atoms with Crippen LogP contribution in [-0.4, -0.2) is 41.9 Å². The van der Waals surface area contributed by atoms with E-state index >= 15 is 0 Å². The zero-order chi connectivity index (χ0) is 19.2. The number of fused-ring (bicyclic) bond motifs is 1. The molecule has 0 spiro atoms. The zero-order valence-corrected chi connectivity index (χ0v) is 15.5. The minimum absolute atomic E-state index is 0.0176. The van der Waals surface area contributed by atoms with Gasteiger partial charge in [0.15, 0.2) is 0 Å². The molecule has 2 N–H and O–H groups in total. The molecule has 0 bridgehead atoms. The first-order valence-electron chi connectivity index (χ1n) is 8.81. The lowest BCUT2D eigenvalue weighted by molar-refractivity contribution is -0.132. The van der Waals surface area contributed by atoms with Crippen molar-refractivity contribution < 1.29 is 14.3 Å². The summed E-state index contributed by atoms with van der Waals surface area (Å²) in [6.07, 6.45) is 2.64. The second-order valence-electron chi connectivity index (χ2n) is 6.33. The summed E-state index contributed by atoms with van der Waals surface area (Å²) in [5, 5.41) is 3.95. The first kappa shape index (κ1) is 18.5. The summed E-state index contributed by atoms with van der Waals surface area (Å²) in [5.41, 5.74) is 2.87. The number of aromatic nitrogens is 1. The first-order chi connectivity index (χ1) is 13.1. The maximum absolute atomic E-state index is 12.3. The highest BCUT2D eigenvalue weighted by Gasteiger charge is 2.15. The van der Waals surface area contributed by atoms with Gasteiger partial charge in [-0.15, -0.1) is 0 Å². The first-order valence-corrected chi connectivity index (χ1v) is 8.81. The van der Waals surface area contributed by atoms with Crippen LogP contribution >= 0.6 is 0 Å². The molecule has 1 aromatic heterocycles. The number of anilines is 1. The van der Waals surface area contributed by atoms with Crippen LogP contribution in [-0.2, 0) is 16.0 Å². The van der Waals surface area contributed by atoms with Crippen LogP contribution in [0.4, 0.5) is 5.69 Å². The number of benzene rings is 2. The number of rotatable bonds is 7. The van der Waals surface area contributed by atoms with Crippen LogP contribution in [0.3, 0.4) is 0 Å². The number of nitrogens with zero attached hydrogens (tertiary/aromatic N) is 1. The highest BCUT2D eigenvalue weighted by atomic mass is 16.5. The van der Waals surface area contributed by atoms with E-state index in [0.29, 0.717) is 18.7 Å². The van der Waals surface area contributed by atoms with Crippen LogP contribution in [0.15, 0.2) is 54.7 Å². The molecule has 6 heteroatoms. The fraction of sp³-hybridized carbons (Fsp3) is 0.238. The molecule has 0 saturated heterocycles. The van der Waals surface area contributed by atoms with Gasteiger partial charge in [-0.05, 0) is 42.3 Å². The van der Waals surface area contributed by atoms with Gasteiger partial charge in [0.2, 0.25) is 11.8 Å². The minimum atomic E-state index is -0.228. The number of amides is 2. The van der Waals surface area contributed by atoms with Gasteiger partial charge in [0.25, 0.3) is 0 Å². The van der Waals surface area contributed by atoms with Crippen molar-refractivity contribution in [3.8, 4) is 5.75 Å². The molecule has 0 aliphatic rings. The molecule has 0 saturated carbocycles. The van der Waals surface area contributed by atoms with Gasteiger partial charge in [-0.3, -0.25) is 9.59 Å². The third-order valence-corrected chi connectivity index (χ3v) is 4.48. The second kappa shape index (κ2) is 8.40. The molecule has 140 valence electrons. The Labute approximate surface area is 158 Å². The van der Waals surface area contributed by atoms with Crippen molar-refractivity contribution in [1.29, 1.82) is 0 Å². The Morgan fingerprint density at radius 3 is 2.56 bits per heavy atom. The van der Waals surface area contributed by atoms with Gasteiger partial charge in [0, 0.05) is 36.3 Å². The van der Waals surface area contributed by atoms with E-state index in [9.17, 15) is 9.59 Å². The Kier molecular flexibility index (Phi) is 5.76. The minimum Gasteiger partial charge on any atom is -0.497 e. The molecular weight excluding hydrogens is 342 g/mol. The number of para-hydroxylation sites is 1. The van der Waals surface area contributed by atoms with Crippen LogP contribution < -0.4 is 10.1 Å².